The lowest BCUT2D eigenvalue weighted by Gasteiger charge is -2.06. The fraction of sp³-hybridized carbons (Fsp3) is 0.391. The molecule has 138 valence electrons. The van der Waals surface area contributed by atoms with E-state index in [0.29, 0.717) is 0 Å². The summed E-state index contributed by atoms with van der Waals surface area (Å²) in [5.41, 5.74) is 4.73. The first-order valence-corrected chi connectivity index (χ1v) is 9.71. The zero-order valence-electron chi connectivity index (χ0n) is 16.1. The van der Waals surface area contributed by atoms with E-state index in [1.807, 2.05) is 6.07 Å². The Morgan fingerprint density at radius 1 is 0.808 bits per heavy atom. The third-order valence-electron chi connectivity index (χ3n) is 4.71. The number of rotatable bonds is 9. The summed E-state index contributed by atoms with van der Waals surface area (Å²) in [6.07, 6.45) is 4.47. The zero-order valence-corrected chi connectivity index (χ0v) is 16.1. The van der Waals surface area contributed by atoms with Crippen molar-refractivity contribution in [1.82, 2.24) is 4.98 Å². The maximum Gasteiger partial charge on any atom is 0.120 e. The normalized spacial score (nSPS) is 11.0. The zero-order chi connectivity index (χ0) is 18.4. The van der Waals surface area contributed by atoms with E-state index in [9.17, 15) is 0 Å². The van der Waals surface area contributed by atoms with Crippen LogP contribution in [0, 0.1) is 6.92 Å². The molecule has 3 aromatic rings. The number of aromatic amines is 1. The Balaban J connectivity index is 1.80. The molecule has 26 heavy (non-hydrogen) atoms. The van der Waals surface area contributed by atoms with E-state index >= 15 is 0 Å². The van der Waals surface area contributed by atoms with E-state index in [-0.39, 0.29) is 0 Å². The number of ether oxygens (including phenoxy) is 2. The van der Waals surface area contributed by atoms with E-state index in [0.717, 1.165) is 61.6 Å². The topological polar surface area (TPSA) is 34.2 Å². The highest BCUT2D eigenvalue weighted by molar-refractivity contribution is 5.91. The number of unbranched alkanes of at least 4 members (excludes halogenated alkanes) is 2. The van der Waals surface area contributed by atoms with Gasteiger partial charge in [0.15, 0.2) is 0 Å². The Hall–Kier alpha value is -2.42. The number of aryl methyl sites for hydroxylation is 1. The van der Waals surface area contributed by atoms with Crippen LogP contribution >= 0.6 is 0 Å². The molecule has 0 atom stereocenters. The molecule has 3 nitrogen and oxygen atoms in total. The minimum absolute atomic E-state index is 0.776. The largest absolute Gasteiger partial charge is 0.494 e. The molecule has 3 rings (SSSR count). The van der Waals surface area contributed by atoms with Crippen LogP contribution in [0.1, 0.15) is 45.1 Å². The highest BCUT2D eigenvalue weighted by Gasteiger charge is 2.11. The first-order valence-electron chi connectivity index (χ1n) is 9.71. The number of hydrogen-bond acceptors (Lipinski definition) is 2. The van der Waals surface area contributed by atoms with Crippen LogP contribution in [0.2, 0.25) is 0 Å². The van der Waals surface area contributed by atoms with Gasteiger partial charge in [-0.15, -0.1) is 0 Å². The number of benzene rings is 2. The van der Waals surface area contributed by atoms with Gasteiger partial charge in [-0.3, -0.25) is 0 Å². The maximum absolute atomic E-state index is 5.86. The van der Waals surface area contributed by atoms with Gasteiger partial charge in [0.25, 0.3) is 0 Å². The van der Waals surface area contributed by atoms with Gasteiger partial charge in [0, 0.05) is 16.6 Å². The summed E-state index contributed by atoms with van der Waals surface area (Å²) in [4.78, 5) is 3.55. The van der Waals surface area contributed by atoms with Crippen molar-refractivity contribution in [3.8, 4) is 22.8 Å². The summed E-state index contributed by atoms with van der Waals surface area (Å²) in [7, 11) is 0. The first-order chi connectivity index (χ1) is 12.7. The average molecular weight is 351 g/mol. The Bertz CT molecular complexity index is 833. The lowest BCUT2D eigenvalue weighted by Crippen LogP contribution is -1.96. The number of nitrogens with one attached hydrogen (secondary N) is 1. The van der Waals surface area contributed by atoms with Crippen LogP contribution < -0.4 is 9.47 Å². The van der Waals surface area contributed by atoms with E-state index in [2.05, 4.69) is 62.2 Å². The Kier molecular flexibility index (Phi) is 6.21. The second kappa shape index (κ2) is 8.79. The van der Waals surface area contributed by atoms with Crippen molar-refractivity contribution >= 4 is 10.9 Å². The molecule has 0 unspecified atom stereocenters. The van der Waals surface area contributed by atoms with Gasteiger partial charge < -0.3 is 14.5 Å². The molecule has 0 aliphatic heterocycles. The molecule has 0 amide bonds. The van der Waals surface area contributed by atoms with Gasteiger partial charge in [-0.1, -0.05) is 26.7 Å². The van der Waals surface area contributed by atoms with Gasteiger partial charge in [0.1, 0.15) is 11.5 Å². The van der Waals surface area contributed by atoms with Crippen LogP contribution in [0.15, 0.2) is 42.5 Å². The predicted octanol–water partition coefficient (Wildman–Crippen LogP) is 6.50. The molecular weight excluding hydrogens is 322 g/mol. The Morgan fingerprint density at radius 2 is 1.42 bits per heavy atom. The fourth-order valence-corrected chi connectivity index (χ4v) is 3.07. The van der Waals surface area contributed by atoms with Crippen molar-refractivity contribution in [3.05, 3.63) is 48.0 Å². The molecule has 0 spiro atoms. The third-order valence-corrected chi connectivity index (χ3v) is 4.71. The highest BCUT2D eigenvalue weighted by atomic mass is 16.5. The molecule has 1 N–H and O–H groups in total. The SMILES string of the molecule is CCCCOc1ccc(-c2[nH]c3ccc(OCCCC)cc3c2C)cc1. The van der Waals surface area contributed by atoms with Crippen molar-refractivity contribution < 1.29 is 9.47 Å². The van der Waals surface area contributed by atoms with Crippen molar-refractivity contribution in [3.63, 3.8) is 0 Å². The molecule has 3 heteroatoms. The number of fused-ring (bicyclic) bond motifs is 1. The highest BCUT2D eigenvalue weighted by Crippen LogP contribution is 2.32. The smallest absolute Gasteiger partial charge is 0.120 e. The van der Waals surface area contributed by atoms with Crippen LogP contribution in [0.5, 0.6) is 11.5 Å². The summed E-state index contributed by atoms with van der Waals surface area (Å²) in [6, 6.07) is 14.6. The summed E-state index contributed by atoms with van der Waals surface area (Å²) in [5, 5.41) is 1.22. The van der Waals surface area contributed by atoms with E-state index in [4.69, 9.17) is 9.47 Å². The summed E-state index contributed by atoms with van der Waals surface area (Å²) in [5.74, 6) is 1.88. The third kappa shape index (κ3) is 4.21. The van der Waals surface area contributed by atoms with Gasteiger partial charge >= 0.3 is 0 Å². The van der Waals surface area contributed by atoms with Crippen molar-refractivity contribution in [1.29, 1.82) is 0 Å². The first kappa shape index (κ1) is 18.4. The standard InChI is InChI=1S/C23H29NO2/c1-4-6-14-25-19-10-8-18(9-11-19)23-17(3)21-16-20(26-15-7-5-2)12-13-22(21)24-23/h8-13,16,24H,4-7,14-15H2,1-3H3. The van der Waals surface area contributed by atoms with Gasteiger partial charge in [-0.05, 0) is 73.4 Å². The summed E-state index contributed by atoms with van der Waals surface area (Å²) < 4.78 is 11.6. The van der Waals surface area contributed by atoms with Gasteiger partial charge in [0.2, 0.25) is 0 Å². The van der Waals surface area contributed by atoms with E-state index in [1.165, 1.54) is 16.5 Å². The molecule has 0 saturated heterocycles. The molecule has 0 radical (unpaired) electrons. The maximum atomic E-state index is 5.86. The van der Waals surface area contributed by atoms with Crippen molar-refractivity contribution in [2.75, 3.05) is 13.2 Å². The van der Waals surface area contributed by atoms with Crippen molar-refractivity contribution in [2.24, 2.45) is 0 Å². The van der Waals surface area contributed by atoms with Gasteiger partial charge in [-0.2, -0.15) is 0 Å². The van der Waals surface area contributed by atoms with Crippen LogP contribution in [-0.2, 0) is 0 Å². The van der Waals surface area contributed by atoms with Gasteiger partial charge in [0.05, 0.1) is 13.2 Å². The Labute approximate surface area is 156 Å². The second-order valence-electron chi connectivity index (χ2n) is 6.76. The average Bonchev–Trinajstić information content (AvgIpc) is 2.99. The van der Waals surface area contributed by atoms with E-state index in [1.54, 1.807) is 0 Å². The number of H-pyrrole nitrogens is 1. The molecule has 0 aliphatic carbocycles. The lowest BCUT2D eigenvalue weighted by molar-refractivity contribution is 0.309. The monoisotopic (exact) mass is 351 g/mol. The van der Waals surface area contributed by atoms with Crippen LogP contribution in [0.3, 0.4) is 0 Å². The van der Waals surface area contributed by atoms with Crippen LogP contribution in [0.25, 0.3) is 22.2 Å². The number of aromatic nitrogens is 1. The summed E-state index contributed by atoms with van der Waals surface area (Å²) in [6.45, 7) is 8.07. The van der Waals surface area contributed by atoms with Crippen LogP contribution in [-0.4, -0.2) is 18.2 Å². The lowest BCUT2D eigenvalue weighted by atomic mass is 10.1. The van der Waals surface area contributed by atoms with E-state index < -0.39 is 0 Å². The Morgan fingerprint density at radius 3 is 2.08 bits per heavy atom. The fourth-order valence-electron chi connectivity index (χ4n) is 3.07. The summed E-state index contributed by atoms with van der Waals surface area (Å²) >= 11 is 0. The number of hydrogen-bond donors (Lipinski definition) is 1. The minimum atomic E-state index is 0.776. The molecule has 0 fully saturated rings. The molecule has 1 aromatic heterocycles. The molecule has 2 aromatic carbocycles. The minimum Gasteiger partial charge on any atom is -0.494 e. The second-order valence-corrected chi connectivity index (χ2v) is 6.76. The van der Waals surface area contributed by atoms with Gasteiger partial charge in [-0.25, -0.2) is 0 Å². The quantitative estimate of drug-likeness (QED) is 0.446. The molecular formula is C23H29NO2. The predicted molar refractivity (Wildman–Crippen MR) is 109 cm³/mol. The molecule has 0 saturated carbocycles. The van der Waals surface area contributed by atoms with Crippen LogP contribution in [0.4, 0.5) is 0 Å². The molecule has 0 aliphatic rings. The van der Waals surface area contributed by atoms with Crippen molar-refractivity contribution in [2.45, 2.75) is 46.5 Å². The molecule has 0 bridgehead atoms. The molecule has 1 heterocycles.